The number of fused-ring (bicyclic) bond motifs is 2. The van der Waals surface area contributed by atoms with Crippen LogP contribution in [0.1, 0.15) is 12.0 Å². The lowest BCUT2D eigenvalue weighted by Crippen LogP contribution is -2.18. The van der Waals surface area contributed by atoms with Gasteiger partial charge in [-0.15, -0.1) is 12.4 Å². The summed E-state index contributed by atoms with van der Waals surface area (Å²) in [5, 5.41) is 8.82. The number of hydrogen-bond acceptors (Lipinski definition) is 3. The molecule has 4 heteroatoms. The van der Waals surface area contributed by atoms with E-state index in [0.717, 1.165) is 16.9 Å². The number of hydrogen-bond donors (Lipinski definition) is 0. The predicted octanol–water partition coefficient (Wildman–Crippen LogP) is 3.09. The van der Waals surface area contributed by atoms with Crippen LogP contribution in [0.3, 0.4) is 0 Å². The van der Waals surface area contributed by atoms with Crippen molar-refractivity contribution in [3.05, 3.63) is 47.2 Å². The van der Waals surface area contributed by atoms with Crippen LogP contribution in [0.15, 0.2) is 46.6 Å². The number of benzene rings is 1. The van der Waals surface area contributed by atoms with Gasteiger partial charge in [0.2, 0.25) is 5.90 Å². The number of para-hydroxylation sites is 1. The van der Waals surface area contributed by atoms with Gasteiger partial charge in [0, 0.05) is 23.8 Å². The Labute approximate surface area is 105 Å². The Hall–Kier alpha value is -2.05. The maximum absolute atomic E-state index is 8.82. The summed E-state index contributed by atoms with van der Waals surface area (Å²) in [6.45, 7) is 0. The van der Waals surface area contributed by atoms with Crippen LogP contribution in [-0.4, -0.2) is 5.90 Å². The van der Waals surface area contributed by atoms with Crippen LogP contribution in [-0.2, 0) is 0 Å². The van der Waals surface area contributed by atoms with Gasteiger partial charge in [-0.3, -0.25) is 0 Å². The number of nitriles is 1. The average molecular weight is 245 g/mol. The van der Waals surface area contributed by atoms with Gasteiger partial charge in [-0.25, -0.2) is 4.99 Å². The summed E-state index contributed by atoms with van der Waals surface area (Å²) < 4.78 is 5.66. The van der Waals surface area contributed by atoms with Crippen molar-refractivity contribution in [2.24, 2.45) is 4.99 Å². The van der Waals surface area contributed by atoms with E-state index in [4.69, 9.17) is 10.00 Å². The van der Waals surface area contributed by atoms with Crippen molar-refractivity contribution in [2.45, 2.75) is 6.42 Å². The highest BCUT2D eigenvalue weighted by Crippen LogP contribution is 2.31. The maximum atomic E-state index is 8.82. The fourth-order valence-corrected chi connectivity index (χ4v) is 1.80. The first-order valence-corrected chi connectivity index (χ1v) is 5.01. The molecule has 0 amide bonds. The molecule has 1 aromatic rings. The van der Waals surface area contributed by atoms with Gasteiger partial charge in [0.1, 0.15) is 5.75 Å². The third-order valence-corrected chi connectivity index (χ3v) is 2.59. The molecule has 3 nitrogen and oxygen atoms in total. The minimum Gasteiger partial charge on any atom is -0.438 e. The maximum Gasteiger partial charge on any atom is 0.222 e. The molecular weight excluding hydrogens is 236 g/mol. The smallest absolute Gasteiger partial charge is 0.222 e. The molecule has 0 atom stereocenters. The third-order valence-electron chi connectivity index (χ3n) is 2.59. The Kier molecular flexibility index (Phi) is 2.99. The Morgan fingerprint density at radius 2 is 2.12 bits per heavy atom. The molecule has 0 aromatic heterocycles. The third kappa shape index (κ3) is 1.95. The van der Waals surface area contributed by atoms with Crippen molar-refractivity contribution in [1.29, 1.82) is 5.26 Å². The van der Waals surface area contributed by atoms with Gasteiger partial charge in [-0.05, 0) is 12.1 Å². The number of rotatable bonds is 0. The van der Waals surface area contributed by atoms with Crippen LogP contribution in [0.5, 0.6) is 5.75 Å². The molecule has 2 aliphatic rings. The standard InChI is InChI=1S/C13H8N2O.ClH/c14-7-9-5-11-6-10-3-1-2-4-12(10)16-13(11)15-8-9;/h1-4,6,8H,5H2;1H. The average Bonchev–Trinajstić information content (AvgIpc) is 2.35. The molecule has 0 aliphatic carbocycles. The summed E-state index contributed by atoms with van der Waals surface area (Å²) in [6, 6.07) is 9.91. The van der Waals surface area contributed by atoms with Gasteiger partial charge in [0.15, 0.2) is 0 Å². The molecule has 0 saturated heterocycles. The Morgan fingerprint density at radius 1 is 1.29 bits per heavy atom. The highest BCUT2D eigenvalue weighted by atomic mass is 35.5. The van der Waals surface area contributed by atoms with Crippen LogP contribution >= 0.6 is 12.4 Å². The second kappa shape index (κ2) is 4.44. The first-order chi connectivity index (χ1) is 7.86. The molecule has 1 aromatic carbocycles. The van der Waals surface area contributed by atoms with Crippen molar-refractivity contribution < 1.29 is 4.74 Å². The summed E-state index contributed by atoms with van der Waals surface area (Å²) in [5.41, 5.74) is 2.67. The van der Waals surface area contributed by atoms with Gasteiger partial charge < -0.3 is 4.74 Å². The topological polar surface area (TPSA) is 45.4 Å². The summed E-state index contributed by atoms with van der Waals surface area (Å²) in [5.74, 6) is 1.43. The molecule has 0 bridgehead atoms. The van der Waals surface area contributed by atoms with Gasteiger partial charge >= 0.3 is 0 Å². The lowest BCUT2D eigenvalue weighted by Gasteiger charge is -2.20. The van der Waals surface area contributed by atoms with Crippen LogP contribution < -0.4 is 4.74 Å². The Balaban J connectivity index is 0.00000108. The monoisotopic (exact) mass is 244 g/mol. The van der Waals surface area contributed by atoms with Crippen molar-refractivity contribution in [3.63, 3.8) is 0 Å². The van der Waals surface area contributed by atoms with E-state index in [1.54, 1.807) is 6.20 Å². The van der Waals surface area contributed by atoms with Crippen molar-refractivity contribution in [1.82, 2.24) is 0 Å². The number of nitrogens with zero attached hydrogens (tertiary/aromatic N) is 2. The molecule has 0 N–H and O–H groups in total. The summed E-state index contributed by atoms with van der Waals surface area (Å²) in [4.78, 5) is 4.14. The zero-order chi connectivity index (χ0) is 11.0. The summed E-state index contributed by atoms with van der Waals surface area (Å²) in [6.07, 6.45) is 4.20. The lowest BCUT2D eigenvalue weighted by molar-refractivity contribution is 0.542. The fourth-order valence-electron chi connectivity index (χ4n) is 1.80. The molecule has 2 aliphatic heterocycles. The molecule has 2 heterocycles. The predicted molar refractivity (Wildman–Crippen MR) is 68.0 cm³/mol. The molecule has 0 unspecified atom stereocenters. The second-order valence-electron chi connectivity index (χ2n) is 3.69. The number of halogens is 1. The van der Waals surface area contributed by atoms with Gasteiger partial charge in [0.25, 0.3) is 0 Å². The van der Waals surface area contributed by atoms with Crippen molar-refractivity contribution in [2.75, 3.05) is 0 Å². The van der Waals surface area contributed by atoms with E-state index in [9.17, 15) is 0 Å². The molecule has 0 spiro atoms. The van der Waals surface area contributed by atoms with E-state index in [-0.39, 0.29) is 12.4 Å². The van der Waals surface area contributed by atoms with E-state index < -0.39 is 0 Å². The van der Waals surface area contributed by atoms with Crippen molar-refractivity contribution in [3.8, 4) is 11.8 Å². The van der Waals surface area contributed by atoms with E-state index in [0.29, 0.717) is 17.9 Å². The molecule has 3 rings (SSSR count). The summed E-state index contributed by atoms with van der Waals surface area (Å²) >= 11 is 0. The Bertz CT molecular complexity index is 594. The van der Waals surface area contributed by atoms with Gasteiger partial charge in [0.05, 0.1) is 11.6 Å². The van der Waals surface area contributed by atoms with Gasteiger partial charge in [-0.2, -0.15) is 5.26 Å². The van der Waals surface area contributed by atoms with Crippen LogP contribution in [0.4, 0.5) is 0 Å². The largest absolute Gasteiger partial charge is 0.438 e. The van der Waals surface area contributed by atoms with Crippen LogP contribution in [0, 0.1) is 11.3 Å². The minimum atomic E-state index is 0. The zero-order valence-corrected chi connectivity index (χ0v) is 9.70. The Morgan fingerprint density at radius 3 is 2.94 bits per heavy atom. The summed E-state index contributed by atoms with van der Waals surface area (Å²) in [7, 11) is 0. The zero-order valence-electron chi connectivity index (χ0n) is 8.88. The van der Waals surface area contributed by atoms with Gasteiger partial charge in [-0.1, -0.05) is 18.2 Å². The second-order valence-corrected chi connectivity index (χ2v) is 3.69. The molecular formula is C13H9ClN2O. The quantitative estimate of drug-likeness (QED) is 0.704. The number of aliphatic imine (C=N–C) groups is 1. The molecule has 84 valence electrons. The fraction of sp³-hybridized carbons (Fsp3) is 0.0769. The highest BCUT2D eigenvalue weighted by Gasteiger charge is 2.21. The van der Waals surface area contributed by atoms with Crippen LogP contribution in [0.2, 0.25) is 0 Å². The molecule has 0 saturated carbocycles. The number of allylic oxidation sites excluding steroid dienone is 1. The van der Waals surface area contributed by atoms with E-state index in [1.807, 2.05) is 30.3 Å². The highest BCUT2D eigenvalue weighted by molar-refractivity contribution is 6.03. The van der Waals surface area contributed by atoms with Crippen LogP contribution in [0.25, 0.3) is 6.08 Å². The minimum absolute atomic E-state index is 0. The molecule has 0 fully saturated rings. The van der Waals surface area contributed by atoms with Crippen molar-refractivity contribution >= 4 is 24.4 Å². The first-order valence-electron chi connectivity index (χ1n) is 5.01. The molecule has 17 heavy (non-hydrogen) atoms. The molecule has 0 radical (unpaired) electrons. The van der Waals surface area contributed by atoms with E-state index >= 15 is 0 Å². The number of ether oxygens (including phenoxy) is 1. The normalized spacial score (nSPS) is 15.8. The first kappa shape index (κ1) is 11.4. The van der Waals surface area contributed by atoms with E-state index in [1.165, 1.54) is 0 Å². The lowest BCUT2D eigenvalue weighted by atomic mass is 9.99. The SMILES string of the molecule is Cl.N#CC1=CN=C2Oc3ccccc3C=C2C1. The van der Waals surface area contributed by atoms with E-state index in [2.05, 4.69) is 11.1 Å².